The zero-order valence-corrected chi connectivity index (χ0v) is 21.3. The number of para-hydroxylation sites is 1. The third-order valence-electron chi connectivity index (χ3n) is 5.99. The Morgan fingerprint density at radius 2 is 1.74 bits per heavy atom. The zero-order valence-electron chi connectivity index (χ0n) is 21.3. The summed E-state index contributed by atoms with van der Waals surface area (Å²) in [5.74, 6) is -0.816. The van der Waals surface area contributed by atoms with Gasteiger partial charge in [-0.25, -0.2) is 9.78 Å². The van der Waals surface area contributed by atoms with Crippen LogP contribution in [0.15, 0.2) is 77.5 Å². The molecule has 0 aliphatic heterocycles. The van der Waals surface area contributed by atoms with Gasteiger partial charge in [0.2, 0.25) is 5.58 Å². The third kappa shape index (κ3) is 5.34. The van der Waals surface area contributed by atoms with Crippen molar-refractivity contribution in [3.8, 4) is 5.95 Å². The minimum Gasteiger partial charge on any atom is -0.419 e. The molecule has 3 amide bonds. The lowest BCUT2D eigenvalue weighted by Crippen LogP contribution is -2.42. The van der Waals surface area contributed by atoms with Gasteiger partial charge in [-0.2, -0.15) is 5.10 Å². The number of aryl methyl sites for hydroxylation is 1. The highest BCUT2D eigenvalue weighted by Gasteiger charge is 2.25. The molecule has 12 heteroatoms. The monoisotopic (exact) mass is 527 g/mol. The van der Waals surface area contributed by atoms with Gasteiger partial charge < -0.3 is 29.7 Å². The van der Waals surface area contributed by atoms with Crippen LogP contribution in [0.3, 0.4) is 0 Å². The van der Waals surface area contributed by atoms with Gasteiger partial charge in [-0.1, -0.05) is 42.5 Å². The number of carbonyl (C=O) groups excluding carboxylic acids is 3. The highest BCUT2D eigenvalue weighted by atomic mass is 16.6. The number of nitrogens with zero attached hydrogens (tertiary/aromatic N) is 3. The summed E-state index contributed by atoms with van der Waals surface area (Å²) in [6.45, 7) is 3.70. The number of hydrogen-bond acceptors (Lipinski definition) is 7. The molecule has 0 bridgehead atoms. The molecule has 0 radical (unpaired) electrons. The molecule has 2 aromatic carbocycles. The van der Waals surface area contributed by atoms with Crippen LogP contribution < -0.4 is 20.7 Å². The predicted molar refractivity (Wildman–Crippen MR) is 143 cm³/mol. The summed E-state index contributed by atoms with van der Waals surface area (Å²) < 4.78 is 12.6. The topological polar surface area (TPSA) is 156 Å². The van der Waals surface area contributed by atoms with E-state index in [0.29, 0.717) is 5.52 Å². The number of furan rings is 1. The van der Waals surface area contributed by atoms with E-state index in [9.17, 15) is 14.4 Å². The lowest BCUT2D eigenvalue weighted by atomic mass is 9.95. The van der Waals surface area contributed by atoms with Crippen molar-refractivity contribution in [2.75, 3.05) is 10.6 Å². The summed E-state index contributed by atoms with van der Waals surface area (Å²) in [6.07, 6.45) is 2.44. The second-order valence-corrected chi connectivity index (χ2v) is 9.20. The van der Waals surface area contributed by atoms with E-state index in [1.165, 1.54) is 12.3 Å². The number of amides is 3. The maximum absolute atomic E-state index is 13.1. The molecule has 5 rings (SSSR count). The van der Waals surface area contributed by atoms with E-state index in [4.69, 9.17) is 9.15 Å². The van der Waals surface area contributed by atoms with Gasteiger partial charge >= 0.3 is 6.09 Å². The predicted octanol–water partition coefficient (Wildman–Crippen LogP) is 4.42. The van der Waals surface area contributed by atoms with Gasteiger partial charge in [0.1, 0.15) is 5.52 Å². The minimum absolute atomic E-state index is 0.0834. The lowest BCUT2D eigenvalue weighted by Gasteiger charge is -2.25. The molecule has 0 spiro atoms. The summed E-state index contributed by atoms with van der Waals surface area (Å²) in [6, 6.07) is 17.4. The molecule has 0 saturated heterocycles. The summed E-state index contributed by atoms with van der Waals surface area (Å²) in [7, 11) is 1.69. The molecule has 12 nitrogen and oxygen atoms in total. The van der Waals surface area contributed by atoms with E-state index < -0.39 is 23.4 Å². The van der Waals surface area contributed by atoms with Crippen molar-refractivity contribution >= 4 is 40.5 Å². The fourth-order valence-corrected chi connectivity index (χ4v) is 3.96. The van der Waals surface area contributed by atoms with Crippen molar-refractivity contribution in [1.29, 1.82) is 0 Å². The van der Waals surface area contributed by atoms with Crippen LogP contribution >= 0.6 is 0 Å². The number of rotatable bonds is 7. The minimum atomic E-state index is -0.712. The van der Waals surface area contributed by atoms with Crippen molar-refractivity contribution in [3.63, 3.8) is 0 Å². The molecule has 0 saturated carbocycles. The number of H-pyrrole nitrogens is 1. The number of carbonyl (C=O) groups is 3. The van der Waals surface area contributed by atoms with Gasteiger partial charge in [0, 0.05) is 25.5 Å². The summed E-state index contributed by atoms with van der Waals surface area (Å²) >= 11 is 0. The van der Waals surface area contributed by atoms with Gasteiger partial charge in [0.25, 0.3) is 17.8 Å². The van der Waals surface area contributed by atoms with Crippen LogP contribution in [0.25, 0.3) is 11.1 Å². The Morgan fingerprint density at radius 1 is 1.00 bits per heavy atom. The van der Waals surface area contributed by atoms with Crippen LogP contribution in [0, 0.1) is 0 Å². The number of anilines is 2. The summed E-state index contributed by atoms with van der Waals surface area (Å²) in [4.78, 5) is 42.3. The van der Waals surface area contributed by atoms with Crippen molar-refractivity contribution in [3.05, 3.63) is 90.0 Å². The van der Waals surface area contributed by atoms with E-state index in [1.807, 2.05) is 44.2 Å². The molecule has 3 aromatic heterocycles. The number of benzene rings is 2. The third-order valence-corrected chi connectivity index (χ3v) is 5.99. The van der Waals surface area contributed by atoms with Crippen LogP contribution in [-0.4, -0.2) is 37.7 Å². The maximum atomic E-state index is 13.1. The van der Waals surface area contributed by atoms with E-state index in [-0.39, 0.29) is 34.4 Å². The Morgan fingerprint density at radius 3 is 2.49 bits per heavy atom. The average Bonchev–Trinajstić information content (AvgIpc) is 3.61. The van der Waals surface area contributed by atoms with E-state index in [0.717, 1.165) is 5.56 Å². The molecule has 0 atom stereocenters. The molecule has 3 heterocycles. The molecule has 198 valence electrons. The molecule has 0 aliphatic carbocycles. The largest absolute Gasteiger partial charge is 0.419 e. The van der Waals surface area contributed by atoms with Crippen molar-refractivity contribution < 1.29 is 23.5 Å². The number of hydrogen-bond donors (Lipinski definition) is 4. The first-order valence-corrected chi connectivity index (χ1v) is 11.9. The first-order chi connectivity index (χ1) is 18.7. The maximum Gasteiger partial charge on any atom is 0.415 e. The Bertz CT molecular complexity index is 1670. The zero-order chi connectivity index (χ0) is 27.6. The van der Waals surface area contributed by atoms with Crippen LogP contribution in [0.4, 0.5) is 16.3 Å². The fourth-order valence-electron chi connectivity index (χ4n) is 3.96. The molecular formula is C27H25N7O5. The van der Waals surface area contributed by atoms with Crippen LogP contribution in [0.2, 0.25) is 0 Å². The van der Waals surface area contributed by atoms with Gasteiger partial charge in [-0.15, -0.1) is 0 Å². The summed E-state index contributed by atoms with van der Waals surface area (Å²) in [5.41, 5.74) is 1.29. The Kier molecular flexibility index (Phi) is 6.59. The van der Waals surface area contributed by atoms with Gasteiger partial charge in [0.15, 0.2) is 11.6 Å². The van der Waals surface area contributed by atoms with E-state index in [2.05, 4.69) is 31.1 Å². The first kappa shape index (κ1) is 25.3. The number of nitrogens with one attached hydrogen (secondary N) is 4. The number of aromatic nitrogens is 4. The standard InChI is InChI=1S/C27H25N7O5/c1-27(2,16-9-5-4-6-10-16)31-26(37)39-20-15-19-21(38-20)22(33-32-19)30-24(35)17-11-7-8-12-18(17)29-25(36)23-28-13-14-34(23)3/h4-15H,1-3H3,(H,29,36)(H,31,37)(H2,30,32,33,35). The van der Waals surface area contributed by atoms with Gasteiger partial charge in [-0.3, -0.25) is 14.7 Å². The highest BCUT2D eigenvalue weighted by Crippen LogP contribution is 2.30. The van der Waals surface area contributed by atoms with Crippen molar-refractivity contribution in [2.24, 2.45) is 7.05 Å². The normalized spacial score (nSPS) is 11.3. The quantitative estimate of drug-likeness (QED) is 0.244. The van der Waals surface area contributed by atoms with E-state index >= 15 is 0 Å². The second kappa shape index (κ2) is 10.2. The van der Waals surface area contributed by atoms with E-state index in [1.54, 1.807) is 42.1 Å². The van der Waals surface area contributed by atoms with Crippen molar-refractivity contribution in [2.45, 2.75) is 19.4 Å². The molecular weight excluding hydrogens is 502 g/mol. The molecule has 0 unspecified atom stereocenters. The van der Waals surface area contributed by atoms with Gasteiger partial charge in [-0.05, 0) is 31.5 Å². The van der Waals surface area contributed by atoms with Gasteiger partial charge in [0.05, 0.1) is 16.8 Å². The Labute approximate surface area is 222 Å². The molecule has 5 aromatic rings. The molecule has 39 heavy (non-hydrogen) atoms. The molecule has 4 N–H and O–H groups in total. The number of ether oxygens (including phenoxy) is 1. The van der Waals surface area contributed by atoms with Crippen LogP contribution in [0.5, 0.6) is 5.95 Å². The number of aromatic amines is 1. The summed E-state index contributed by atoms with van der Waals surface area (Å²) in [5, 5.41) is 15.0. The van der Waals surface area contributed by atoms with Crippen LogP contribution in [-0.2, 0) is 12.6 Å². The highest BCUT2D eigenvalue weighted by molar-refractivity contribution is 6.13. The van der Waals surface area contributed by atoms with Crippen molar-refractivity contribution in [1.82, 2.24) is 25.1 Å². The Hall–Kier alpha value is -5.39. The molecule has 0 aliphatic rings. The lowest BCUT2D eigenvalue weighted by molar-refractivity contribution is 0.101. The van der Waals surface area contributed by atoms with Crippen LogP contribution in [0.1, 0.15) is 40.4 Å². The first-order valence-electron chi connectivity index (χ1n) is 11.9. The Balaban J connectivity index is 1.28. The fraction of sp³-hybridized carbons (Fsp3) is 0.148. The number of imidazole rings is 1. The smallest absolute Gasteiger partial charge is 0.415 e. The SMILES string of the molecule is Cn1ccnc1C(=O)Nc1ccccc1C(=O)Nc1n[nH]c2cc(OC(=O)NC(C)(C)c3ccccc3)oc12. The molecule has 0 fully saturated rings. The average molecular weight is 528 g/mol. The number of fused-ring (bicyclic) bond motifs is 1. The second-order valence-electron chi connectivity index (χ2n) is 9.20.